The van der Waals surface area contributed by atoms with Crippen molar-refractivity contribution in [3.63, 3.8) is 0 Å². The number of nitrogens with zero attached hydrogens (tertiary/aromatic N) is 2. The lowest BCUT2D eigenvalue weighted by Crippen LogP contribution is -2.58. The number of hydrogen-bond donors (Lipinski definition) is 1. The molecule has 2 amide bonds. The van der Waals surface area contributed by atoms with Gasteiger partial charge in [-0.3, -0.25) is 0 Å². The number of carboxylic acid groups (broad SMARTS) is 1. The van der Waals surface area contributed by atoms with E-state index in [0.29, 0.717) is 24.6 Å². The zero-order valence-corrected chi connectivity index (χ0v) is 12.4. The molecule has 2 atom stereocenters. The average Bonchev–Trinajstić information content (AvgIpc) is 2.82. The molecule has 108 valence electrons. The second-order valence-electron chi connectivity index (χ2n) is 5.36. The predicted molar refractivity (Wildman–Crippen MR) is 75.5 cm³/mol. The van der Waals surface area contributed by atoms with Crippen LogP contribution in [0.4, 0.5) is 4.79 Å². The van der Waals surface area contributed by atoms with Gasteiger partial charge in [-0.15, -0.1) is 0 Å². The molecule has 0 radical (unpaired) electrons. The number of likely N-dealkylation sites (tertiary alicyclic amines) is 1. The summed E-state index contributed by atoms with van der Waals surface area (Å²) >= 11 is 1.86. The molecule has 0 aromatic carbocycles. The van der Waals surface area contributed by atoms with E-state index in [9.17, 15) is 14.7 Å². The van der Waals surface area contributed by atoms with Gasteiger partial charge in [0.2, 0.25) is 0 Å². The van der Waals surface area contributed by atoms with E-state index in [1.807, 2.05) is 23.6 Å². The van der Waals surface area contributed by atoms with Crippen LogP contribution in [0.3, 0.4) is 0 Å². The Kier molecular flexibility index (Phi) is 4.28. The fourth-order valence-corrected chi connectivity index (χ4v) is 4.07. The summed E-state index contributed by atoms with van der Waals surface area (Å²) in [5, 5.41) is 9.95. The lowest BCUT2D eigenvalue weighted by atomic mass is 9.93. The number of amides is 2. The minimum absolute atomic E-state index is 0.0890. The molecule has 2 fully saturated rings. The Morgan fingerprint density at radius 2 is 2.16 bits per heavy atom. The first-order valence-electron chi connectivity index (χ1n) is 6.93. The number of carbonyl (C=O) groups excluding carboxylic acids is 1. The van der Waals surface area contributed by atoms with Gasteiger partial charge in [-0.05, 0) is 19.3 Å². The summed E-state index contributed by atoms with van der Waals surface area (Å²) in [6.45, 7) is 5.98. The van der Waals surface area contributed by atoms with Crippen molar-refractivity contribution in [2.75, 3.05) is 25.4 Å². The topological polar surface area (TPSA) is 60.9 Å². The predicted octanol–water partition coefficient (Wildman–Crippen LogP) is 1.87. The number of urea groups is 1. The Hall–Kier alpha value is -0.910. The molecule has 1 N–H and O–H groups in total. The van der Waals surface area contributed by atoms with Crippen molar-refractivity contribution in [1.29, 1.82) is 0 Å². The smallest absolute Gasteiger partial charge is 0.329 e. The van der Waals surface area contributed by atoms with Gasteiger partial charge in [-0.25, -0.2) is 9.59 Å². The van der Waals surface area contributed by atoms with Gasteiger partial charge in [0.05, 0.1) is 0 Å². The van der Waals surface area contributed by atoms with Crippen molar-refractivity contribution in [2.24, 2.45) is 0 Å². The highest BCUT2D eigenvalue weighted by molar-refractivity contribution is 7.99. The van der Waals surface area contributed by atoms with Crippen molar-refractivity contribution < 1.29 is 14.7 Å². The van der Waals surface area contributed by atoms with Gasteiger partial charge >= 0.3 is 12.0 Å². The van der Waals surface area contributed by atoms with Crippen LogP contribution >= 0.6 is 11.8 Å². The molecule has 0 saturated carbocycles. The number of carboxylic acids is 1. The number of carbonyl (C=O) groups is 2. The van der Waals surface area contributed by atoms with Crippen molar-refractivity contribution in [3.05, 3.63) is 0 Å². The largest absolute Gasteiger partial charge is 0.479 e. The molecule has 0 aromatic rings. The molecular weight excluding hydrogens is 264 g/mol. The first-order valence-corrected chi connectivity index (χ1v) is 7.97. The van der Waals surface area contributed by atoms with E-state index < -0.39 is 11.5 Å². The summed E-state index contributed by atoms with van der Waals surface area (Å²) in [4.78, 5) is 27.6. The summed E-state index contributed by atoms with van der Waals surface area (Å²) < 4.78 is 0. The van der Waals surface area contributed by atoms with E-state index in [1.54, 1.807) is 4.90 Å². The number of hydrogen-bond acceptors (Lipinski definition) is 3. The molecule has 2 aliphatic rings. The van der Waals surface area contributed by atoms with Crippen LogP contribution in [0.2, 0.25) is 0 Å². The maximum absolute atomic E-state index is 12.6. The quantitative estimate of drug-likeness (QED) is 0.842. The van der Waals surface area contributed by atoms with Crippen LogP contribution in [-0.2, 0) is 4.79 Å². The first-order chi connectivity index (χ1) is 9.01. The highest BCUT2D eigenvalue weighted by Gasteiger charge is 2.49. The summed E-state index contributed by atoms with van der Waals surface area (Å²) in [6.07, 6.45) is 1.83. The highest BCUT2D eigenvalue weighted by Crippen LogP contribution is 2.34. The van der Waals surface area contributed by atoms with Crippen LogP contribution < -0.4 is 0 Å². The van der Waals surface area contributed by atoms with Crippen LogP contribution in [0.5, 0.6) is 0 Å². The molecule has 0 bridgehead atoms. The molecule has 2 rings (SSSR count). The lowest BCUT2D eigenvalue weighted by Gasteiger charge is -2.39. The molecule has 0 aromatic heterocycles. The first kappa shape index (κ1) is 14.5. The monoisotopic (exact) mass is 286 g/mol. The standard InChI is InChI=1S/C13H22N2O3S/c1-3-13(11(16)17)5-4-6-15(13)12(18)14-7-8-19-10(2)9-14/h10H,3-9H2,1-2H3,(H,16,17). The van der Waals surface area contributed by atoms with E-state index in [1.165, 1.54) is 0 Å². The summed E-state index contributed by atoms with van der Waals surface area (Å²) in [7, 11) is 0. The lowest BCUT2D eigenvalue weighted by molar-refractivity contribution is -0.148. The molecule has 0 aliphatic carbocycles. The molecular formula is C13H22N2O3S. The van der Waals surface area contributed by atoms with Gasteiger partial charge in [0.15, 0.2) is 0 Å². The van der Waals surface area contributed by atoms with Crippen LogP contribution in [0, 0.1) is 0 Å². The molecule has 5 nitrogen and oxygen atoms in total. The molecule has 0 spiro atoms. The third-order valence-electron chi connectivity index (χ3n) is 4.21. The van der Waals surface area contributed by atoms with Crippen LogP contribution in [0.25, 0.3) is 0 Å². The molecule has 19 heavy (non-hydrogen) atoms. The van der Waals surface area contributed by atoms with Gasteiger partial charge in [-0.1, -0.05) is 13.8 Å². The number of rotatable bonds is 2. The van der Waals surface area contributed by atoms with Crippen molar-refractivity contribution in [3.8, 4) is 0 Å². The Labute approximate surface area is 118 Å². The maximum Gasteiger partial charge on any atom is 0.329 e. The molecule has 2 unspecified atom stereocenters. The molecule has 2 saturated heterocycles. The molecule has 6 heteroatoms. The summed E-state index contributed by atoms with van der Waals surface area (Å²) in [6, 6.07) is -0.0890. The van der Waals surface area contributed by atoms with E-state index in [2.05, 4.69) is 6.92 Å². The third kappa shape index (κ3) is 2.55. The Morgan fingerprint density at radius 3 is 2.74 bits per heavy atom. The van der Waals surface area contributed by atoms with Crippen molar-refractivity contribution >= 4 is 23.8 Å². The van der Waals surface area contributed by atoms with Crippen molar-refractivity contribution in [2.45, 2.75) is 43.9 Å². The number of thioether (sulfide) groups is 1. The van der Waals surface area contributed by atoms with E-state index in [-0.39, 0.29) is 6.03 Å². The van der Waals surface area contributed by atoms with Gasteiger partial charge in [0.25, 0.3) is 0 Å². The van der Waals surface area contributed by atoms with Crippen LogP contribution in [0.1, 0.15) is 33.1 Å². The van der Waals surface area contributed by atoms with Gasteiger partial charge in [0.1, 0.15) is 5.54 Å². The van der Waals surface area contributed by atoms with Gasteiger partial charge in [0, 0.05) is 30.6 Å². The normalized spacial score (nSPS) is 31.6. The van der Waals surface area contributed by atoms with E-state index in [4.69, 9.17) is 0 Å². The molecule has 2 heterocycles. The SMILES string of the molecule is CCC1(C(=O)O)CCCN1C(=O)N1CCSC(C)C1. The van der Waals surface area contributed by atoms with Gasteiger partial charge in [-0.2, -0.15) is 11.8 Å². The van der Waals surface area contributed by atoms with Crippen LogP contribution in [-0.4, -0.2) is 63.1 Å². The molecule has 2 aliphatic heterocycles. The average molecular weight is 286 g/mol. The van der Waals surface area contributed by atoms with E-state index >= 15 is 0 Å². The Bertz CT molecular complexity index is 377. The zero-order valence-electron chi connectivity index (χ0n) is 11.6. The summed E-state index contributed by atoms with van der Waals surface area (Å²) in [5.74, 6) is 0.0766. The minimum Gasteiger partial charge on any atom is -0.479 e. The second kappa shape index (κ2) is 5.61. The number of aliphatic carboxylic acids is 1. The van der Waals surface area contributed by atoms with Crippen LogP contribution in [0.15, 0.2) is 0 Å². The zero-order chi connectivity index (χ0) is 14.0. The minimum atomic E-state index is -0.981. The highest BCUT2D eigenvalue weighted by atomic mass is 32.2. The van der Waals surface area contributed by atoms with E-state index in [0.717, 1.165) is 25.3 Å². The van der Waals surface area contributed by atoms with Gasteiger partial charge < -0.3 is 14.9 Å². The second-order valence-corrected chi connectivity index (χ2v) is 6.90. The van der Waals surface area contributed by atoms with Crippen molar-refractivity contribution in [1.82, 2.24) is 9.80 Å². The maximum atomic E-state index is 12.6. The fraction of sp³-hybridized carbons (Fsp3) is 0.846. The Morgan fingerprint density at radius 1 is 1.42 bits per heavy atom. The summed E-state index contributed by atoms with van der Waals surface area (Å²) in [5.41, 5.74) is -0.981. The Balaban J connectivity index is 2.15. The fourth-order valence-electron chi connectivity index (χ4n) is 3.06. The third-order valence-corrected chi connectivity index (χ3v) is 5.35.